The third-order valence-electron chi connectivity index (χ3n) is 4.48. The van der Waals surface area contributed by atoms with Gasteiger partial charge in [0.1, 0.15) is 0 Å². The molecule has 2 aliphatic rings. The summed E-state index contributed by atoms with van der Waals surface area (Å²) in [5.74, 6) is 1.90. The van der Waals surface area contributed by atoms with Crippen molar-refractivity contribution in [2.45, 2.75) is 45.6 Å². The maximum atomic E-state index is 3.63. The molecule has 2 saturated carbocycles. The Balaban J connectivity index is 1.74. The van der Waals surface area contributed by atoms with E-state index in [-0.39, 0.29) is 0 Å². The molecule has 0 aromatic heterocycles. The highest BCUT2D eigenvalue weighted by molar-refractivity contribution is 9.10. The number of benzene rings is 1. The molecule has 3 rings (SSSR count). The van der Waals surface area contributed by atoms with Crippen LogP contribution in [0.2, 0.25) is 0 Å². The Labute approximate surface area is 137 Å². The standard InChI is InChI=1S/C18H27BrN2/c1-2-9-20-11-16-10-17(19)7-8-18(16)21(12-14-3-4-14)13-15-5-6-15/h7-8,10,14-15,20H,2-6,9,11-13H2,1H3. The Hall–Kier alpha value is -0.540. The van der Waals surface area contributed by atoms with Crippen LogP contribution in [0.5, 0.6) is 0 Å². The van der Waals surface area contributed by atoms with E-state index in [9.17, 15) is 0 Å². The van der Waals surface area contributed by atoms with Gasteiger partial charge >= 0.3 is 0 Å². The van der Waals surface area contributed by atoms with Gasteiger partial charge in [0.2, 0.25) is 0 Å². The fourth-order valence-corrected chi connectivity index (χ4v) is 3.31. The van der Waals surface area contributed by atoms with Gasteiger partial charge in [-0.3, -0.25) is 0 Å². The second kappa shape index (κ2) is 7.15. The highest BCUT2D eigenvalue weighted by Gasteiger charge is 2.30. The van der Waals surface area contributed by atoms with Gasteiger partial charge in [0.25, 0.3) is 0 Å². The molecule has 1 aromatic carbocycles. The van der Waals surface area contributed by atoms with Crippen molar-refractivity contribution < 1.29 is 0 Å². The average Bonchev–Trinajstić information content (AvgIpc) is 3.34. The van der Waals surface area contributed by atoms with Gasteiger partial charge in [-0.2, -0.15) is 0 Å². The van der Waals surface area contributed by atoms with E-state index in [2.05, 4.69) is 51.3 Å². The first kappa shape index (κ1) is 15.4. The second-order valence-electron chi connectivity index (χ2n) is 6.74. The molecule has 0 aliphatic heterocycles. The summed E-state index contributed by atoms with van der Waals surface area (Å²) in [7, 11) is 0. The number of nitrogens with one attached hydrogen (secondary N) is 1. The van der Waals surface area contributed by atoms with Gasteiger partial charge in [0.05, 0.1) is 0 Å². The third kappa shape index (κ3) is 4.72. The van der Waals surface area contributed by atoms with Gasteiger partial charge in [-0.1, -0.05) is 22.9 Å². The normalized spacial score (nSPS) is 18.0. The van der Waals surface area contributed by atoms with E-state index >= 15 is 0 Å². The number of hydrogen-bond acceptors (Lipinski definition) is 2. The molecule has 21 heavy (non-hydrogen) atoms. The monoisotopic (exact) mass is 350 g/mol. The Morgan fingerprint density at radius 1 is 1.14 bits per heavy atom. The molecule has 0 heterocycles. The summed E-state index contributed by atoms with van der Waals surface area (Å²) in [6.07, 6.45) is 6.92. The Morgan fingerprint density at radius 2 is 1.81 bits per heavy atom. The number of halogens is 1. The van der Waals surface area contributed by atoms with Crippen LogP contribution in [0.1, 0.15) is 44.6 Å². The van der Waals surface area contributed by atoms with Gasteiger partial charge < -0.3 is 10.2 Å². The molecular weight excluding hydrogens is 324 g/mol. The van der Waals surface area contributed by atoms with E-state index in [0.29, 0.717) is 0 Å². The van der Waals surface area contributed by atoms with Crippen LogP contribution in [0.3, 0.4) is 0 Å². The van der Waals surface area contributed by atoms with Crippen molar-refractivity contribution in [3.63, 3.8) is 0 Å². The van der Waals surface area contributed by atoms with Crippen molar-refractivity contribution in [3.8, 4) is 0 Å². The lowest BCUT2D eigenvalue weighted by Crippen LogP contribution is -2.29. The fourth-order valence-electron chi connectivity index (χ4n) is 2.90. The molecule has 2 nitrogen and oxygen atoms in total. The minimum atomic E-state index is 0.948. The molecular formula is C18H27BrN2. The van der Waals surface area contributed by atoms with Crippen molar-refractivity contribution in [1.82, 2.24) is 5.32 Å². The van der Waals surface area contributed by atoms with Gasteiger partial charge in [-0.25, -0.2) is 0 Å². The summed E-state index contributed by atoms with van der Waals surface area (Å²) in [6.45, 7) is 6.82. The molecule has 116 valence electrons. The van der Waals surface area contributed by atoms with E-state index in [4.69, 9.17) is 0 Å². The van der Waals surface area contributed by atoms with Gasteiger partial charge in [0.15, 0.2) is 0 Å². The summed E-state index contributed by atoms with van der Waals surface area (Å²) in [4.78, 5) is 2.67. The van der Waals surface area contributed by atoms with Crippen molar-refractivity contribution >= 4 is 21.6 Å². The van der Waals surface area contributed by atoms with E-state index in [0.717, 1.165) is 24.9 Å². The topological polar surface area (TPSA) is 15.3 Å². The quantitative estimate of drug-likeness (QED) is 0.656. The maximum absolute atomic E-state index is 3.63. The fraction of sp³-hybridized carbons (Fsp3) is 0.667. The van der Waals surface area contributed by atoms with Crippen LogP contribution in [0.25, 0.3) is 0 Å². The first-order valence-corrected chi connectivity index (χ1v) is 9.29. The van der Waals surface area contributed by atoms with E-state index < -0.39 is 0 Å². The van der Waals surface area contributed by atoms with Gasteiger partial charge in [-0.05, 0) is 74.2 Å². The molecule has 2 aliphatic carbocycles. The number of hydrogen-bond donors (Lipinski definition) is 1. The van der Waals surface area contributed by atoms with Crippen molar-refractivity contribution in [3.05, 3.63) is 28.2 Å². The minimum Gasteiger partial charge on any atom is -0.371 e. The lowest BCUT2D eigenvalue weighted by atomic mass is 10.1. The van der Waals surface area contributed by atoms with Crippen LogP contribution in [-0.4, -0.2) is 19.6 Å². The first-order valence-electron chi connectivity index (χ1n) is 8.50. The molecule has 0 saturated heterocycles. The minimum absolute atomic E-state index is 0.948. The van der Waals surface area contributed by atoms with Gasteiger partial charge in [-0.15, -0.1) is 0 Å². The van der Waals surface area contributed by atoms with Crippen molar-refractivity contribution in [2.24, 2.45) is 11.8 Å². The SMILES string of the molecule is CCCNCc1cc(Br)ccc1N(CC1CC1)CC1CC1. The summed E-state index contributed by atoms with van der Waals surface area (Å²) >= 11 is 3.63. The van der Waals surface area contributed by atoms with Crippen LogP contribution in [0.4, 0.5) is 5.69 Å². The molecule has 0 unspecified atom stereocenters. The zero-order chi connectivity index (χ0) is 14.7. The molecule has 0 amide bonds. The number of rotatable bonds is 9. The smallest absolute Gasteiger partial charge is 0.0412 e. The van der Waals surface area contributed by atoms with Crippen LogP contribution >= 0.6 is 15.9 Å². The molecule has 0 radical (unpaired) electrons. The van der Waals surface area contributed by atoms with E-state index in [1.165, 1.54) is 60.9 Å². The zero-order valence-electron chi connectivity index (χ0n) is 13.1. The van der Waals surface area contributed by atoms with Crippen LogP contribution in [-0.2, 0) is 6.54 Å². The predicted octanol–water partition coefficient (Wildman–Crippen LogP) is 4.58. The molecule has 0 bridgehead atoms. The first-order chi connectivity index (χ1) is 10.3. The zero-order valence-corrected chi connectivity index (χ0v) is 14.7. The average molecular weight is 351 g/mol. The molecule has 0 atom stereocenters. The lowest BCUT2D eigenvalue weighted by molar-refractivity contribution is 0.654. The molecule has 0 spiro atoms. The van der Waals surface area contributed by atoms with Crippen LogP contribution in [0, 0.1) is 11.8 Å². The molecule has 3 heteroatoms. The van der Waals surface area contributed by atoms with Crippen LogP contribution < -0.4 is 10.2 Å². The van der Waals surface area contributed by atoms with Gasteiger partial charge in [0, 0.05) is 29.8 Å². The second-order valence-corrected chi connectivity index (χ2v) is 7.66. The maximum Gasteiger partial charge on any atom is 0.0412 e. The van der Waals surface area contributed by atoms with Crippen molar-refractivity contribution in [2.75, 3.05) is 24.5 Å². The number of nitrogens with zero attached hydrogens (tertiary/aromatic N) is 1. The summed E-state index contributed by atoms with van der Waals surface area (Å²) in [5, 5.41) is 3.56. The molecule has 1 aromatic rings. The van der Waals surface area contributed by atoms with E-state index in [1.807, 2.05) is 0 Å². The summed E-state index contributed by atoms with van der Waals surface area (Å²) in [6, 6.07) is 6.81. The highest BCUT2D eigenvalue weighted by Crippen LogP contribution is 2.37. The predicted molar refractivity (Wildman–Crippen MR) is 93.8 cm³/mol. The van der Waals surface area contributed by atoms with Crippen molar-refractivity contribution in [1.29, 1.82) is 0 Å². The van der Waals surface area contributed by atoms with Crippen LogP contribution in [0.15, 0.2) is 22.7 Å². The van der Waals surface area contributed by atoms with E-state index in [1.54, 1.807) is 0 Å². The third-order valence-corrected chi connectivity index (χ3v) is 4.97. The largest absolute Gasteiger partial charge is 0.371 e. The Morgan fingerprint density at radius 3 is 2.38 bits per heavy atom. The molecule has 1 N–H and O–H groups in total. The lowest BCUT2D eigenvalue weighted by Gasteiger charge is -2.28. The Kier molecular flexibility index (Phi) is 5.23. The highest BCUT2D eigenvalue weighted by atomic mass is 79.9. The molecule has 2 fully saturated rings. The number of anilines is 1. The Bertz CT molecular complexity index is 452. The summed E-state index contributed by atoms with van der Waals surface area (Å²) < 4.78 is 1.19. The summed E-state index contributed by atoms with van der Waals surface area (Å²) in [5.41, 5.74) is 2.90.